The van der Waals surface area contributed by atoms with Gasteiger partial charge in [-0.25, -0.2) is 9.67 Å². The van der Waals surface area contributed by atoms with Crippen molar-refractivity contribution in [1.29, 1.82) is 0 Å². The zero-order valence-electron chi connectivity index (χ0n) is 13.8. The molecule has 6 heteroatoms. The van der Waals surface area contributed by atoms with E-state index >= 15 is 0 Å². The molecule has 23 heavy (non-hydrogen) atoms. The maximum absolute atomic E-state index is 12.7. The van der Waals surface area contributed by atoms with Crippen LogP contribution in [0.15, 0.2) is 29.1 Å². The van der Waals surface area contributed by atoms with Crippen molar-refractivity contribution in [2.24, 2.45) is 0 Å². The minimum atomic E-state index is -0.0135. The second-order valence-electron chi connectivity index (χ2n) is 6.01. The molecule has 120 valence electrons. The van der Waals surface area contributed by atoms with Crippen LogP contribution >= 0.6 is 11.3 Å². The number of thiophene rings is 1. The molecule has 0 radical (unpaired) electrons. The third-order valence-electron chi connectivity index (χ3n) is 3.83. The molecule has 0 N–H and O–H groups in total. The SMILES string of the molecule is Cc1nc2c(cnn2C(C)C)cc1C(=O)N(C)Cc1ccsc1. The van der Waals surface area contributed by atoms with E-state index in [-0.39, 0.29) is 11.9 Å². The van der Waals surface area contributed by atoms with E-state index < -0.39 is 0 Å². The van der Waals surface area contributed by atoms with E-state index in [1.165, 1.54) is 0 Å². The van der Waals surface area contributed by atoms with Crippen LogP contribution in [0.1, 0.15) is 41.5 Å². The zero-order valence-corrected chi connectivity index (χ0v) is 14.6. The van der Waals surface area contributed by atoms with Gasteiger partial charge in [-0.3, -0.25) is 4.79 Å². The van der Waals surface area contributed by atoms with Crippen LogP contribution in [-0.4, -0.2) is 32.6 Å². The summed E-state index contributed by atoms with van der Waals surface area (Å²) in [6.07, 6.45) is 1.78. The number of fused-ring (bicyclic) bond motifs is 1. The molecule has 0 saturated heterocycles. The molecule has 0 fully saturated rings. The molecule has 0 bridgehead atoms. The summed E-state index contributed by atoms with van der Waals surface area (Å²) in [6, 6.07) is 4.17. The third-order valence-corrected chi connectivity index (χ3v) is 4.56. The first kappa shape index (κ1) is 15.7. The van der Waals surface area contributed by atoms with Gasteiger partial charge >= 0.3 is 0 Å². The Bertz CT molecular complexity index is 836. The Labute approximate surface area is 139 Å². The number of amides is 1. The Balaban J connectivity index is 1.92. The molecule has 0 aliphatic carbocycles. The lowest BCUT2D eigenvalue weighted by Crippen LogP contribution is -2.27. The Morgan fingerprint density at radius 3 is 2.87 bits per heavy atom. The van der Waals surface area contributed by atoms with Crippen molar-refractivity contribution < 1.29 is 4.79 Å². The average Bonchev–Trinajstić information content (AvgIpc) is 3.14. The van der Waals surface area contributed by atoms with Gasteiger partial charge in [0.2, 0.25) is 0 Å². The molecule has 3 rings (SSSR count). The molecular formula is C17H20N4OS. The van der Waals surface area contributed by atoms with Crippen LogP contribution < -0.4 is 0 Å². The van der Waals surface area contributed by atoms with Crippen LogP contribution in [0.25, 0.3) is 11.0 Å². The van der Waals surface area contributed by atoms with Gasteiger partial charge < -0.3 is 4.90 Å². The highest BCUT2D eigenvalue weighted by atomic mass is 32.1. The summed E-state index contributed by atoms with van der Waals surface area (Å²) in [5, 5.41) is 9.35. The van der Waals surface area contributed by atoms with Crippen LogP contribution in [0.3, 0.4) is 0 Å². The van der Waals surface area contributed by atoms with Crippen molar-refractivity contribution >= 4 is 28.3 Å². The summed E-state index contributed by atoms with van der Waals surface area (Å²) in [5.41, 5.74) is 3.35. The normalized spacial score (nSPS) is 11.3. The predicted molar refractivity (Wildman–Crippen MR) is 92.8 cm³/mol. The molecule has 0 spiro atoms. The molecule has 0 unspecified atom stereocenters. The van der Waals surface area contributed by atoms with Crippen molar-refractivity contribution in [3.8, 4) is 0 Å². The van der Waals surface area contributed by atoms with Gasteiger partial charge in [0.15, 0.2) is 5.65 Å². The molecule has 0 atom stereocenters. The van der Waals surface area contributed by atoms with Crippen LogP contribution in [-0.2, 0) is 6.54 Å². The fourth-order valence-electron chi connectivity index (χ4n) is 2.59. The smallest absolute Gasteiger partial charge is 0.255 e. The van der Waals surface area contributed by atoms with E-state index in [1.807, 2.05) is 36.2 Å². The van der Waals surface area contributed by atoms with Crippen molar-refractivity contribution in [3.05, 3.63) is 45.9 Å². The van der Waals surface area contributed by atoms with Crippen LogP contribution in [0, 0.1) is 6.92 Å². The molecule has 0 aliphatic heterocycles. The number of pyridine rings is 1. The van der Waals surface area contributed by atoms with Gasteiger partial charge in [0.25, 0.3) is 5.91 Å². The van der Waals surface area contributed by atoms with Crippen molar-refractivity contribution in [2.75, 3.05) is 7.05 Å². The van der Waals surface area contributed by atoms with E-state index in [0.29, 0.717) is 12.1 Å². The highest BCUT2D eigenvalue weighted by molar-refractivity contribution is 7.07. The molecule has 0 aromatic carbocycles. The molecule has 5 nitrogen and oxygen atoms in total. The first-order valence-corrected chi connectivity index (χ1v) is 8.53. The number of hydrogen-bond acceptors (Lipinski definition) is 4. The first-order chi connectivity index (χ1) is 11.0. The van der Waals surface area contributed by atoms with E-state index in [2.05, 4.69) is 29.3 Å². The fraction of sp³-hybridized carbons (Fsp3) is 0.353. The molecule has 3 heterocycles. The molecule has 1 amide bonds. The number of carbonyl (C=O) groups excluding carboxylic acids is 1. The average molecular weight is 328 g/mol. The summed E-state index contributed by atoms with van der Waals surface area (Å²) in [4.78, 5) is 19.1. The number of aromatic nitrogens is 3. The summed E-state index contributed by atoms with van der Waals surface area (Å²) in [7, 11) is 1.82. The maximum atomic E-state index is 12.7. The topological polar surface area (TPSA) is 51.0 Å². The minimum absolute atomic E-state index is 0.0135. The summed E-state index contributed by atoms with van der Waals surface area (Å²) in [6.45, 7) is 6.61. The third kappa shape index (κ3) is 2.99. The number of carbonyl (C=O) groups is 1. The monoisotopic (exact) mass is 328 g/mol. The number of nitrogens with zero attached hydrogens (tertiary/aromatic N) is 4. The Hall–Kier alpha value is -2.21. The minimum Gasteiger partial charge on any atom is -0.337 e. The van der Waals surface area contributed by atoms with Gasteiger partial charge in [-0.1, -0.05) is 0 Å². The number of hydrogen-bond donors (Lipinski definition) is 0. The predicted octanol–water partition coefficient (Wildman–Crippen LogP) is 3.65. The highest BCUT2D eigenvalue weighted by Gasteiger charge is 2.18. The molecule has 0 saturated carbocycles. The van der Waals surface area contributed by atoms with E-state index in [1.54, 1.807) is 22.4 Å². The first-order valence-electron chi connectivity index (χ1n) is 7.58. The maximum Gasteiger partial charge on any atom is 0.255 e. The summed E-state index contributed by atoms with van der Waals surface area (Å²) < 4.78 is 1.88. The molecule has 0 aliphatic rings. The van der Waals surface area contributed by atoms with Gasteiger partial charge in [0, 0.05) is 25.0 Å². The van der Waals surface area contributed by atoms with Crippen molar-refractivity contribution in [2.45, 2.75) is 33.4 Å². The largest absolute Gasteiger partial charge is 0.337 e. The lowest BCUT2D eigenvalue weighted by molar-refractivity contribution is 0.0784. The van der Waals surface area contributed by atoms with E-state index in [4.69, 9.17) is 0 Å². The number of aryl methyl sites for hydroxylation is 1. The van der Waals surface area contributed by atoms with Gasteiger partial charge in [0.05, 0.1) is 17.5 Å². The van der Waals surface area contributed by atoms with Gasteiger partial charge in [0.1, 0.15) is 0 Å². The van der Waals surface area contributed by atoms with Crippen molar-refractivity contribution in [3.63, 3.8) is 0 Å². The van der Waals surface area contributed by atoms with Gasteiger partial charge in [-0.2, -0.15) is 16.4 Å². The Morgan fingerprint density at radius 1 is 1.43 bits per heavy atom. The quantitative estimate of drug-likeness (QED) is 0.734. The van der Waals surface area contributed by atoms with Crippen LogP contribution in [0.4, 0.5) is 0 Å². The Morgan fingerprint density at radius 2 is 2.22 bits per heavy atom. The molecule has 3 aromatic heterocycles. The van der Waals surface area contributed by atoms with Crippen molar-refractivity contribution in [1.82, 2.24) is 19.7 Å². The number of rotatable bonds is 4. The van der Waals surface area contributed by atoms with E-state index in [0.717, 1.165) is 22.3 Å². The standard InChI is InChI=1S/C17H20N4OS/c1-11(2)21-16-14(8-18-21)7-15(12(3)19-16)17(22)20(4)9-13-5-6-23-10-13/h5-8,10-11H,9H2,1-4H3. The second-order valence-corrected chi connectivity index (χ2v) is 6.79. The summed E-state index contributed by atoms with van der Waals surface area (Å²) in [5.74, 6) is -0.0135. The molecular weight excluding hydrogens is 308 g/mol. The second kappa shape index (κ2) is 6.12. The highest BCUT2D eigenvalue weighted by Crippen LogP contribution is 2.21. The lowest BCUT2D eigenvalue weighted by Gasteiger charge is -2.17. The fourth-order valence-corrected chi connectivity index (χ4v) is 3.25. The van der Waals surface area contributed by atoms with E-state index in [9.17, 15) is 4.79 Å². The van der Waals surface area contributed by atoms with Crippen LogP contribution in [0.5, 0.6) is 0 Å². The van der Waals surface area contributed by atoms with Gasteiger partial charge in [-0.15, -0.1) is 0 Å². The summed E-state index contributed by atoms with van der Waals surface area (Å²) >= 11 is 1.64. The Kier molecular flexibility index (Phi) is 4.17. The lowest BCUT2D eigenvalue weighted by atomic mass is 10.1. The molecule has 3 aromatic rings. The van der Waals surface area contributed by atoms with Crippen LogP contribution in [0.2, 0.25) is 0 Å². The van der Waals surface area contributed by atoms with Gasteiger partial charge in [-0.05, 0) is 49.2 Å². The zero-order chi connectivity index (χ0) is 16.6.